The maximum Gasteiger partial charge on any atom is 0.262 e. The Morgan fingerprint density at radius 2 is 2.21 bits per heavy atom. The maximum atomic E-state index is 12.8. The zero-order valence-electron chi connectivity index (χ0n) is 7.29. The molecule has 2 aromatic heterocycles. The molecule has 2 rings (SSSR count). The van der Waals surface area contributed by atoms with E-state index in [1.165, 1.54) is 12.1 Å². The van der Waals surface area contributed by atoms with Gasteiger partial charge in [-0.1, -0.05) is 11.6 Å². The van der Waals surface area contributed by atoms with E-state index in [-0.39, 0.29) is 10.7 Å². The van der Waals surface area contributed by atoms with Gasteiger partial charge in [-0.2, -0.15) is 0 Å². The van der Waals surface area contributed by atoms with E-state index in [4.69, 9.17) is 11.6 Å². The van der Waals surface area contributed by atoms with Gasteiger partial charge in [-0.3, -0.25) is 9.20 Å². The Bertz CT molecular complexity index is 564. The molecule has 0 aliphatic rings. The van der Waals surface area contributed by atoms with E-state index in [2.05, 4.69) is 4.98 Å². The van der Waals surface area contributed by atoms with Crippen LogP contribution in [-0.4, -0.2) is 9.38 Å². The smallest absolute Gasteiger partial charge is 0.262 e. The average Bonchev–Trinajstić information content (AvgIpc) is 2.16. The summed E-state index contributed by atoms with van der Waals surface area (Å²) in [7, 11) is 0. The molecule has 0 radical (unpaired) electrons. The molecule has 14 heavy (non-hydrogen) atoms. The molecule has 0 aromatic carbocycles. The van der Waals surface area contributed by atoms with Crippen LogP contribution >= 0.6 is 11.6 Å². The van der Waals surface area contributed by atoms with E-state index < -0.39 is 5.82 Å². The van der Waals surface area contributed by atoms with Crippen LogP contribution in [0.15, 0.2) is 23.1 Å². The van der Waals surface area contributed by atoms with Gasteiger partial charge in [0.2, 0.25) is 0 Å². The highest BCUT2D eigenvalue weighted by Gasteiger charge is 2.06. The maximum absolute atomic E-state index is 12.8. The standard InChI is InChI=1S/C9H6ClFN2O/c1-5-8(10)12-7-3-2-6(11)4-13(7)9(5)14/h2-4H,1H3. The third-order valence-electron chi connectivity index (χ3n) is 1.95. The molecule has 3 nitrogen and oxygen atoms in total. The lowest BCUT2D eigenvalue weighted by Crippen LogP contribution is -2.18. The molecule has 0 bridgehead atoms. The van der Waals surface area contributed by atoms with Crippen molar-refractivity contribution in [2.45, 2.75) is 6.92 Å². The van der Waals surface area contributed by atoms with Crippen molar-refractivity contribution in [3.05, 3.63) is 45.2 Å². The second-order valence-corrected chi connectivity index (χ2v) is 3.27. The minimum absolute atomic E-state index is 0.154. The number of hydrogen-bond donors (Lipinski definition) is 0. The fourth-order valence-corrected chi connectivity index (χ4v) is 1.34. The molecule has 2 heterocycles. The molecule has 0 amide bonds. The second kappa shape index (κ2) is 3.06. The largest absolute Gasteiger partial charge is 0.269 e. The minimum Gasteiger partial charge on any atom is -0.269 e. The van der Waals surface area contributed by atoms with Crippen LogP contribution in [0, 0.1) is 12.7 Å². The van der Waals surface area contributed by atoms with Crippen molar-refractivity contribution in [1.29, 1.82) is 0 Å². The molecular formula is C9H6ClFN2O. The molecule has 0 aliphatic heterocycles. The van der Waals surface area contributed by atoms with Crippen LogP contribution in [0.4, 0.5) is 4.39 Å². The van der Waals surface area contributed by atoms with Crippen LogP contribution in [0.5, 0.6) is 0 Å². The number of nitrogens with zero attached hydrogens (tertiary/aromatic N) is 2. The summed E-state index contributed by atoms with van der Waals surface area (Å²) in [6.45, 7) is 1.55. The molecule has 0 N–H and O–H groups in total. The third-order valence-corrected chi connectivity index (χ3v) is 2.32. The quantitative estimate of drug-likeness (QED) is 0.624. The molecule has 0 fully saturated rings. The van der Waals surface area contributed by atoms with Crippen molar-refractivity contribution in [3.8, 4) is 0 Å². The second-order valence-electron chi connectivity index (χ2n) is 2.91. The van der Waals surface area contributed by atoms with Gasteiger partial charge in [0, 0.05) is 6.20 Å². The molecule has 2 aromatic rings. The molecule has 0 atom stereocenters. The molecule has 0 unspecified atom stereocenters. The summed E-state index contributed by atoms with van der Waals surface area (Å²) in [6, 6.07) is 2.63. The first kappa shape index (κ1) is 9.15. The van der Waals surface area contributed by atoms with Gasteiger partial charge in [0.15, 0.2) is 0 Å². The molecule has 5 heteroatoms. The number of rotatable bonds is 0. The third kappa shape index (κ3) is 1.28. The highest BCUT2D eigenvalue weighted by Crippen LogP contribution is 2.09. The normalized spacial score (nSPS) is 10.8. The summed E-state index contributed by atoms with van der Waals surface area (Å²) in [5.41, 5.74) is 0.307. The van der Waals surface area contributed by atoms with Crippen molar-refractivity contribution >= 4 is 17.2 Å². The highest BCUT2D eigenvalue weighted by molar-refractivity contribution is 6.30. The Kier molecular flexibility index (Phi) is 2.00. The Labute approximate surface area is 83.8 Å². The summed E-state index contributed by atoms with van der Waals surface area (Å²) in [5, 5.41) is 0.154. The lowest BCUT2D eigenvalue weighted by atomic mass is 10.3. The summed E-state index contributed by atoms with van der Waals surface area (Å²) < 4.78 is 14.0. The summed E-state index contributed by atoms with van der Waals surface area (Å²) in [5.74, 6) is -0.483. The molecule has 72 valence electrons. The Morgan fingerprint density at radius 1 is 1.50 bits per heavy atom. The van der Waals surface area contributed by atoms with Gasteiger partial charge in [-0.05, 0) is 19.1 Å². The summed E-state index contributed by atoms with van der Waals surface area (Å²) in [4.78, 5) is 15.5. The minimum atomic E-state index is -0.483. The van der Waals surface area contributed by atoms with Crippen LogP contribution in [-0.2, 0) is 0 Å². The van der Waals surface area contributed by atoms with Crippen LogP contribution in [0.1, 0.15) is 5.56 Å². The SMILES string of the molecule is Cc1c(Cl)nc2ccc(F)cn2c1=O. The van der Waals surface area contributed by atoms with Crippen molar-refractivity contribution < 1.29 is 4.39 Å². The van der Waals surface area contributed by atoms with Crippen molar-refractivity contribution in [2.75, 3.05) is 0 Å². The van der Waals surface area contributed by atoms with Crippen LogP contribution in [0.2, 0.25) is 5.15 Å². The highest BCUT2D eigenvalue weighted by atomic mass is 35.5. The van der Waals surface area contributed by atoms with Gasteiger partial charge in [-0.25, -0.2) is 9.37 Å². The first-order valence-corrected chi connectivity index (χ1v) is 4.31. The zero-order chi connectivity index (χ0) is 10.3. The lowest BCUT2D eigenvalue weighted by molar-refractivity contribution is 0.617. The lowest BCUT2D eigenvalue weighted by Gasteiger charge is -2.02. The summed E-state index contributed by atoms with van der Waals surface area (Å²) >= 11 is 5.71. The Morgan fingerprint density at radius 3 is 2.93 bits per heavy atom. The monoisotopic (exact) mass is 212 g/mol. The van der Waals surface area contributed by atoms with Gasteiger partial charge < -0.3 is 0 Å². The number of aromatic nitrogens is 2. The average molecular weight is 213 g/mol. The number of pyridine rings is 1. The van der Waals surface area contributed by atoms with Crippen LogP contribution < -0.4 is 5.56 Å². The van der Waals surface area contributed by atoms with E-state index in [9.17, 15) is 9.18 Å². The predicted octanol–water partition coefficient (Wildman–Crippen LogP) is 1.80. The van der Waals surface area contributed by atoms with E-state index in [0.29, 0.717) is 11.2 Å². The number of halogens is 2. The fraction of sp³-hybridized carbons (Fsp3) is 0.111. The van der Waals surface area contributed by atoms with Gasteiger partial charge in [-0.15, -0.1) is 0 Å². The topological polar surface area (TPSA) is 34.4 Å². The fourth-order valence-electron chi connectivity index (χ4n) is 1.17. The van der Waals surface area contributed by atoms with Crippen molar-refractivity contribution in [2.24, 2.45) is 0 Å². The number of fused-ring (bicyclic) bond motifs is 1. The van der Waals surface area contributed by atoms with Gasteiger partial charge in [0.1, 0.15) is 16.6 Å². The van der Waals surface area contributed by atoms with E-state index >= 15 is 0 Å². The molecule has 0 saturated carbocycles. The van der Waals surface area contributed by atoms with Crippen LogP contribution in [0.25, 0.3) is 5.65 Å². The van der Waals surface area contributed by atoms with Crippen molar-refractivity contribution in [1.82, 2.24) is 9.38 Å². The first-order valence-electron chi connectivity index (χ1n) is 3.93. The van der Waals surface area contributed by atoms with E-state index in [1.807, 2.05) is 0 Å². The molecular weight excluding hydrogens is 207 g/mol. The summed E-state index contributed by atoms with van der Waals surface area (Å²) in [6.07, 6.45) is 1.09. The molecule has 0 aliphatic carbocycles. The number of hydrogen-bond acceptors (Lipinski definition) is 2. The van der Waals surface area contributed by atoms with E-state index in [0.717, 1.165) is 10.6 Å². The van der Waals surface area contributed by atoms with Gasteiger partial charge in [0.25, 0.3) is 5.56 Å². The Balaban J connectivity index is 2.99. The van der Waals surface area contributed by atoms with E-state index in [1.54, 1.807) is 6.92 Å². The molecule has 0 saturated heterocycles. The van der Waals surface area contributed by atoms with Crippen LogP contribution in [0.3, 0.4) is 0 Å². The predicted molar refractivity (Wildman–Crippen MR) is 51.2 cm³/mol. The first-order chi connectivity index (χ1) is 6.59. The Hall–Kier alpha value is -1.42. The van der Waals surface area contributed by atoms with Crippen molar-refractivity contribution in [3.63, 3.8) is 0 Å². The van der Waals surface area contributed by atoms with Gasteiger partial charge in [0.05, 0.1) is 5.56 Å². The zero-order valence-corrected chi connectivity index (χ0v) is 8.05. The molecule has 0 spiro atoms. The van der Waals surface area contributed by atoms with Gasteiger partial charge >= 0.3 is 0 Å².